The van der Waals surface area contributed by atoms with Crippen LogP contribution in [0.4, 0.5) is 0 Å². The van der Waals surface area contributed by atoms with Gasteiger partial charge in [0.25, 0.3) is 0 Å². The number of hydrogen-bond acceptors (Lipinski definition) is 2. The van der Waals surface area contributed by atoms with Gasteiger partial charge in [0.2, 0.25) is 0 Å². The van der Waals surface area contributed by atoms with E-state index in [9.17, 15) is 19.1 Å². The van der Waals surface area contributed by atoms with Crippen LogP contribution in [-0.2, 0) is 15.8 Å². The Bertz CT molecular complexity index is 1520. The van der Waals surface area contributed by atoms with Crippen molar-refractivity contribution in [3.63, 3.8) is 0 Å². The van der Waals surface area contributed by atoms with Crippen LogP contribution in [0.5, 0.6) is 0 Å². The number of nitrogens with zero attached hydrogens (tertiary/aromatic N) is 1. The Morgan fingerprint density at radius 1 is 0.818 bits per heavy atom. The lowest BCUT2D eigenvalue weighted by molar-refractivity contribution is -0.118. The standard InChI is InChI=1S/C27H22NO4P/c29-26(18-19-13-14-20-7-4-5-8-21(20)17-19)27(33(30,31)32)24-11-6-12-25-23(24)15-16-28(25)22-9-2-1-3-10-22/h1-17,27H,18H2,(H2,30,31,32). The van der Waals surface area contributed by atoms with Gasteiger partial charge in [-0.25, -0.2) is 0 Å². The summed E-state index contributed by atoms with van der Waals surface area (Å²) in [4.78, 5) is 33.8. The average molecular weight is 455 g/mol. The van der Waals surface area contributed by atoms with E-state index in [0.717, 1.165) is 27.5 Å². The Balaban J connectivity index is 1.56. The van der Waals surface area contributed by atoms with E-state index in [1.54, 1.807) is 12.1 Å². The first kappa shape index (κ1) is 21.4. The molecule has 0 spiro atoms. The van der Waals surface area contributed by atoms with E-state index in [4.69, 9.17) is 0 Å². The molecule has 2 N–H and O–H groups in total. The molecule has 0 amide bonds. The summed E-state index contributed by atoms with van der Waals surface area (Å²) in [6.07, 6.45) is 1.80. The molecule has 4 aromatic carbocycles. The fourth-order valence-corrected chi connectivity index (χ4v) is 5.49. The third-order valence-corrected chi connectivity index (χ3v) is 7.17. The molecule has 0 fully saturated rings. The molecule has 1 unspecified atom stereocenters. The molecule has 1 aromatic heterocycles. The summed E-state index contributed by atoms with van der Waals surface area (Å²) in [6, 6.07) is 30.2. The number of ketones is 1. The van der Waals surface area contributed by atoms with Gasteiger partial charge in [-0.1, -0.05) is 72.8 Å². The highest BCUT2D eigenvalue weighted by Crippen LogP contribution is 2.54. The van der Waals surface area contributed by atoms with Crippen molar-refractivity contribution in [3.8, 4) is 5.69 Å². The maximum absolute atomic E-state index is 13.3. The lowest BCUT2D eigenvalue weighted by atomic mass is 9.98. The van der Waals surface area contributed by atoms with Crippen molar-refractivity contribution >= 4 is 35.1 Å². The zero-order chi connectivity index (χ0) is 23.0. The van der Waals surface area contributed by atoms with Gasteiger partial charge < -0.3 is 14.4 Å². The molecule has 0 saturated carbocycles. The average Bonchev–Trinajstić information content (AvgIpc) is 3.24. The zero-order valence-electron chi connectivity index (χ0n) is 17.7. The summed E-state index contributed by atoms with van der Waals surface area (Å²) in [6.45, 7) is 0. The third kappa shape index (κ3) is 4.14. The molecule has 164 valence electrons. The van der Waals surface area contributed by atoms with Crippen LogP contribution in [0, 0.1) is 0 Å². The van der Waals surface area contributed by atoms with Crippen LogP contribution in [0.1, 0.15) is 16.8 Å². The predicted octanol–water partition coefficient (Wildman–Crippen LogP) is 5.81. The Morgan fingerprint density at radius 3 is 2.30 bits per heavy atom. The van der Waals surface area contributed by atoms with Crippen LogP contribution in [0.25, 0.3) is 27.4 Å². The molecule has 0 radical (unpaired) electrons. The third-order valence-electron chi connectivity index (χ3n) is 5.93. The van der Waals surface area contributed by atoms with Gasteiger partial charge in [-0.15, -0.1) is 0 Å². The number of carbonyl (C=O) groups excluding carboxylic acids is 1. The first-order valence-corrected chi connectivity index (χ1v) is 12.3. The molecule has 0 aliphatic heterocycles. The van der Waals surface area contributed by atoms with Crippen molar-refractivity contribution in [1.29, 1.82) is 0 Å². The number of carbonyl (C=O) groups is 1. The van der Waals surface area contributed by atoms with E-state index < -0.39 is 19.0 Å². The summed E-state index contributed by atoms with van der Waals surface area (Å²) in [5, 5.41) is 2.69. The molecule has 5 rings (SSSR count). The normalized spacial score (nSPS) is 12.8. The van der Waals surface area contributed by atoms with Gasteiger partial charge in [-0.2, -0.15) is 0 Å². The number of benzene rings is 4. The quantitative estimate of drug-likeness (QED) is 0.317. The number of aromatic nitrogens is 1. The smallest absolute Gasteiger partial charge is 0.324 e. The maximum atomic E-state index is 13.3. The molecule has 6 heteroatoms. The second-order valence-electron chi connectivity index (χ2n) is 8.12. The number of Topliss-reactive ketones (excluding diaryl/α,β-unsaturated/α-hetero) is 1. The predicted molar refractivity (Wildman–Crippen MR) is 131 cm³/mol. The minimum absolute atomic E-state index is 0.0591. The highest BCUT2D eigenvalue weighted by atomic mass is 31.2. The molecule has 5 nitrogen and oxygen atoms in total. The molecule has 0 bridgehead atoms. The minimum atomic E-state index is -4.76. The van der Waals surface area contributed by atoms with Gasteiger partial charge >= 0.3 is 7.60 Å². The van der Waals surface area contributed by atoms with Gasteiger partial charge in [-0.3, -0.25) is 9.36 Å². The lowest BCUT2D eigenvalue weighted by Gasteiger charge is -2.19. The van der Waals surface area contributed by atoms with E-state index >= 15 is 0 Å². The van der Waals surface area contributed by atoms with Crippen LogP contribution in [0.2, 0.25) is 0 Å². The van der Waals surface area contributed by atoms with Gasteiger partial charge in [0.15, 0.2) is 5.78 Å². The Kier molecular flexibility index (Phi) is 5.47. The summed E-state index contributed by atoms with van der Waals surface area (Å²) in [5.41, 5.74) is 1.27. The molecule has 1 atom stereocenters. The second kappa shape index (κ2) is 8.45. The lowest BCUT2D eigenvalue weighted by Crippen LogP contribution is -2.16. The SMILES string of the molecule is O=C(Cc1ccc2ccccc2c1)C(c1cccc2c1ccn2-c1ccccc1)P(=O)(O)O. The molecule has 0 aliphatic rings. The summed E-state index contributed by atoms with van der Waals surface area (Å²) < 4.78 is 14.5. The zero-order valence-corrected chi connectivity index (χ0v) is 18.6. The number of fused-ring (bicyclic) bond motifs is 2. The molecule has 33 heavy (non-hydrogen) atoms. The summed E-state index contributed by atoms with van der Waals surface area (Å²) in [7, 11) is -4.76. The van der Waals surface area contributed by atoms with Crippen LogP contribution in [0.3, 0.4) is 0 Å². The monoisotopic (exact) mass is 455 g/mol. The van der Waals surface area contributed by atoms with E-state index in [2.05, 4.69) is 0 Å². The minimum Gasteiger partial charge on any atom is -0.324 e. The van der Waals surface area contributed by atoms with Crippen molar-refractivity contribution < 1.29 is 19.1 Å². The van der Waals surface area contributed by atoms with Crippen molar-refractivity contribution in [1.82, 2.24) is 4.57 Å². The molecule has 0 saturated heterocycles. The number of para-hydroxylation sites is 1. The van der Waals surface area contributed by atoms with Crippen molar-refractivity contribution in [2.75, 3.05) is 0 Å². The van der Waals surface area contributed by atoms with Crippen molar-refractivity contribution in [2.24, 2.45) is 0 Å². The van der Waals surface area contributed by atoms with Crippen LogP contribution in [-0.4, -0.2) is 20.1 Å². The first-order valence-electron chi connectivity index (χ1n) is 10.6. The van der Waals surface area contributed by atoms with Gasteiger partial charge in [0, 0.05) is 23.7 Å². The number of rotatable bonds is 6. The Morgan fingerprint density at radius 2 is 1.55 bits per heavy atom. The van der Waals surface area contributed by atoms with Gasteiger partial charge in [0.05, 0.1) is 5.52 Å². The van der Waals surface area contributed by atoms with E-state index in [1.807, 2.05) is 95.7 Å². The Labute approximate surface area is 191 Å². The molecular formula is C27H22NO4P. The van der Waals surface area contributed by atoms with Crippen LogP contribution in [0.15, 0.2) is 103 Å². The largest absolute Gasteiger partial charge is 0.340 e. The van der Waals surface area contributed by atoms with E-state index in [-0.39, 0.29) is 6.42 Å². The maximum Gasteiger partial charge on any atom is 0.340 e. The fraction of sp³-hybridized carbons (Fsp3) is 0.0741. The van der Waals surface area contributed by atoms with Crippen molar-refractivity contribution in [2.45, 2.75) is 12.1 Å². The Hall–Kier alpha value is -3.50. The highest BCUT2D eigenvalue weighted by molar-refractivity contribution is 7.53. The second-order valence-corrected chi connectivity index (χ2v) is 9.81. The number of hydrogen-bond donors (Lipinski definition) is 2. The van der Waals surface area contributed by atoms with Gasteiger partial charge in [0.1, 0.15) is 5.66 Å². The van der Waals surface area contributed by atoms with E-state index in [0.29, 0.717) is 10.9 Å². The van der Waals surface area contributed by atoms with Crippen LogP contribution < -0.4 is 0 Å². The first-order chi connectivity index (χ1) is 15.9. The van der Waals surface area contributed by atoms with E-state index in [1.165, 1.54) is 0 Å². The molecule has 0 aliphatic carbocycles. The molecule has 5 aromatic rings. The highest BCUT2D eigenvalue weighted by Gasteiger charge is 2.38. The summed E-state index contributed by atoms with van der Waals surface area (Å²) in [5.74, 6) is -0.501. The fourth-order valence-electron chi connectivity index (χ4n) is 4.43. The topological polar surface area (TPSA) is 79.5 Å². The molecular weight excluding hydrogens is 433 g/mol. The summed E-state index contributed by atoms with van der Waals surface area (Å²) >= 11 is 0. The molecule has 1 heterocycles. The van der Waals surface area contributed by atoms with Crippen molar-refractivity contribution in [3.05, 3.63) is 114 Å². The van der Waals surface area contributed by atoms with Crippen LogP contribution >= 0.6 is 7.60 Å². The van der Waals surface area contributed by atoms with Gasteiger partial charge in [-0.05, 0) is 46.2 Å².